The quantitative estimate of drug-likeness (QED) is 0.663. The van der Waals surface area contributed by atoms with E-state index in [0.29, 0.717) is 11.4 Å². The lowest BCUT2D eigenvalue weighted by Crippen LogP contribution is -2.11. The molecular formula is C14H14ClNO3. The smallest absolute Gasteiger partial charge is 0.291 e. The number of rotatable bonds is 3. The number of halogens is 1. The zero-order valence-corrected chi connectivity index (χ0v) is 11.4. The van der Waals surface area contributed by atoms with Gasteiger partial charge in [0, 0.05) is 0 Å². The van der Waals surface area contributed by atoms with Crippen molar-refractivity contribution < 1.29 is 14.3 Å². The number of amides is 1. The van der Waals surface area contributed by atoms with Gasteiger partial charge in [-0.2, -0.15) is 0 Å². The van der Waals surface area contributed by atoms with Crippen LogP contribution in [0.3, 0.4) is 0 Å². The number of anilines is 1. The third kappa shape index (κ3) is 3.09. The Kier molecular flexibility index (Phi) is 3.81. The predicted molar refractivity (Wildman–Crippen MR) is 73.8 cm³/mol. The summed E-state index contributed by atoms with van der Waals surface area (Å²) in [7, 11) is 0. The van der Waals surface area contributed by atoms with E-state index in [1.165, 1.54) is 0 Å². The van der Waals surface area contributed by atoms with Crippen molar-refractivity contribution in [2.75, 3.05) is 5.32 Å². The van der Waals surface area contributed by atoms with Crippen LogP contribution in [0.25, 0.3) is 0 Å². The van der Waals surface area contributed by atoms with Crippen molar-refractivity contribution in [2.24, 2.45) is 0 Å². The number of alkyl halides is 1. The van der Waals surface area contributed by atoms with Gasteiger partial charge in [0.25, 0.3) is 5.91 Å². The first-order valence-electron chi connectivity index (χ1n) is 5.82. The molecule has 4 nitrogen and oxygen atoms in total. The third-order valence-electron chi connectivity index (χ3n) is 2.64. The molecule has 100 valence electrons. The fourth-order valence-corrected chi connectivity index (χ4v) is 1.74. The van der Waals surface area contributed by atoms with E-state index in [9.17, 15) is 9.90 Å². The molecular weight excluding hydrogens is 266 g/mol. The van der Waals surface area contributed by atoms with Gasteiger partial charge in [-0.1, -0.05) is 6.07 Å². The van der Waals surface area contributed by atoms with Gasteiger partial charge in [0.1, 0.15) is 11.5 Å². The molecule has 0 saturated carbocycles. The number of carbonyl (C=O) groups is 1. The Hall–Kier alpha value is -1.94. The second-order valence-electron chi connectivity index (χ2n) is 4.29. The molecule has 0 aliphatic heterocycles. The summed E-state index contributed by atoms with van der Waals surface area (Å²) in [5, 5.41) is 12.0. The van der Waals surface area contributed by atoms with E-state index in [-0.39, 0.29) is 16.9 Å². The summed E-state index contributed by atoms with van der Waals surface area (Å²) in [5.74, 6) is 0.274. The second kappa shape index (κ2) is 5.36. The molecule has 2 N–H and O–H groups in total. The lowest BCUT2D eigenvalue weighted by atomic mass is 10.2. The highest BCUT2D eigenvalue weighted by molar-refractivity contribution is 6.20. The van der Waals surface area contributed by atoms with Crippen LogP contribution >= 0.6 is 11.6 Å². The molecule has 2 rings (SSSR count). The minimum atomic E-state index is -0.428. The normalized spacial score (nSPS) is 12.2. The topological polar surface area (TPSA) is 62.5 Å². The Morgan fingerprint density at radius 1 is 1.37 bits per heavy atom. The Morgan fingerprint density at radius 2 is 2.11 bits per heavy atom. The second-order valence-corrected chi connectivity index (χ2v) is 4.95. The Morgan fingerprint density at radius 3 is 2.68 bits per heavy atom. The summed E-state index contributed by atoms with van der Waals surface area (Å²) >= 11 is 5.86. The van der Waals surface area contributed by atoms with Crippen LogP contribution in [0.15, 0.2) is 34.7 Å². The lowest BCUT2D eigenvalue weighted by molar-refractivity contribution is 0.0994. The van der Waals surface area contributed by atoms with Crippen LogP contribution in [0.2, 0.25) is 0 Å². The Bertz CT molecular complexity index is 604. The molecule has 0 spiro atoms. The van der Waals surface area contributed by atoms with Crippen LogP contribution in [-0.4, -0.2) is 11.0 Å². The molecule has 1 aromatic heterocycles. The maximum atomic E-state index is 11.9. The molecule has 1 heterocycles. The maximum absolute atomic E-state index is 11.9. The average molecular weight is 280 g/mol. The van der Waals surface area contributed by atoms with E-state index < -0.39 is 5.91 Å². The standard InChI is InChI=1S/C14H14ClNO3/c1-8-3-4-10(11(17)7-8)16-14(18)13-6-5-12(19-13)9(2)15/h3-7,9,17H,1-2H3,(H,16,18). The van der Waals surface area contributed by atoms with E-state index in [1.807, 2.05) is 6.92 Å². The Balaban J connectivity index is 2.16. The van der Waals surface area contributed by atoms with Crippen molar-refractivity contribution in [1.82, 2.24) is 0 Å². The van der Waals surface area contributed by atoms with Crippen LogP contribution in [-0.2, 0) is 0 Å². The molecule has 1 atom stereocenters. The van der Waals surface area contributed by atoms with Gasteiger partial charge in [0.15, 0.2) is 5.76 Å². The van der Waals surface area contributed by atoms with Gasteiger partial charge in [-0.25, -0.2) is 0 Å². The van der Waals surface area contributed by atoms with Crippen molar-refractivity contribution in [2.45, 2.75) is 19.2 Å². The highest BCUT2D eigenvalue weighted by Gasteiger charge is 2.15. The zero-order chi connectivity index (χ0) is 14.0. The van der Waals surface area contributed by atoms with Crippen LogP contribution < -0.4 is 5.32 Å². The first-order valence-corrected chi connectivity index (χ1v) is 6.26. The number of nitrogens with one attached hydrogen (secondary N) is 1. The summed E-state index contributed by atoms with van der Waals surface area (Å²) in [6.45, 7) is 3.61. The van der Waals surface area contributed by atoms with E-state index >= 15 is 0 Å². The minimum Gasteiger partial charge on any atom is -0.506 e. The summed E-state index contributed by atoms with van der Waals surface area (Å²) < 4.78 is 5.32. The summed E-state index contributed by atoms with van der Waals surface area (Å²) in [6.07, 6.45) is 0. The highest BCUT2D eigenvalue weighted by atomic mass is 35.5. The maximum Gasteiger partial charge on any atom is 0.291 e. The third-order valence-corrected chi connectivity index (χ3v) is 2.86. The molecule has 0 aliphatic rings. The molecule has 5 heteroatoms. The van der Waals surface area contributed by atoms with Crippen LogP contribution in [0.5, 0.6) is 5.75 Å². The van der Waals surface area contributed by atoms with Gasteiger partial charge in [0.2, 0.25) is 0 Å². The molecule has 0 bridgehead atoms. The van der Waals surface area contributed by atoms with Gasteiger partial charge in [0.05, 0.1) is 11.1 Å². The fraction of sp³-hybridized carbons (Fsp3) is 0.214. The molecule has 0 aliphatic carbocycles. The molecule has 2 aromatic rings. The van der Waals surface area contributed by atoms with E-state index in [4.69, 9.17) is 16.0 Å². The monoisotopic (exact) mass is 279 g/mol. The van der Waals surface area contributed by atoms with Crippen molar-refractivity contribution >= 4 is 23.2 Å². The summed E-state index contributed by atoms with van der Waals surface area (Å²) in [4.78, 5) is 11.9. The lowest BCUT2D eigenvalue weighted by Gasteiger charge is -2.06. The molecule has 0 radical (unpaired) electrons. The number of hydrogen-bond acceptors (Lipinski definition) is 3. The number of phenolic OH excluding ortho intramolecular Hbond substituents is 1. The van der Waals surface area contributed by atoms with Crippen molar-refractivity contribution in [3.63, 3.8) is 0 Å². The number of phenols is 1. The van der Waals surface area contributed by atoms with Crippen LogP contribution in [0.4, 0.5) is 5.69 Å². The SMILES string of the molecule is Cc1ccc(NC(=O)c2ccc(C(C)Cl)o2)c(O)c1. The van der Waals surface area contributed by atoms with E-state index in [2.05, 4.69) is 5.32 Å². The molecule has 0 saturated heterocycles. The number of furan rings is 1. The van der Waals surface area contributed by atoms with Crippen molar-refractivity contribution in [3.8, 4) is 5.75 Å². The first kappa shape index (κ1) is 13.5. The zero-order valence-electron chi connectivity index (χ0n) is 10.6. The van der Waals surface area contributed by atoms with Crippen LogP contribution in [0, 0.1) is 6.92 Å². The predicted octanol–water partition coefficient (Wildman–Crippen LogP) is 3.85. The molecule has 1 amide bonds. The number of aryl methyl sites for hydroxylation is 1. The highest BCUT2D eigenvalue weighted by Crippen LogP contribution is 2.26. The molecule has 1 unspecified atom stereocenters. The van der Waals surface area contributed by atoms with Gasteiger partial charge in [-0.05, 0) is 43.7 Å². The average Bonchev–Trinajstić information content (AvgIpc) is 2.82. The van der Waals surface area contributed by atoms with Gasteiger partial charge < -0.3 is 14.8 Å². The van der Waals surface area contributed by atoms with Gasteiger partial charge in [-0.3, -0.25) is 4.79 Å². The number of benzene rings is 1. The fourth-order valence-electron chi connectivity index (χ4n) is 1.62. The summed E-state index contributed by atoms with van der Waals surface area (Å²) in [5.41, 5.74) is 1.25. The van der Waals surface area contributed by atoms with Crippen LogP contribution in [0.1, 0.15) is 34.2 Å². The number of aromatic hydroxyl groups is 1. The number of hydrogen-bond donors (Lipinski definition) is 2. The summed E-state index contributed by atoms with van der Waals surface area (Å²) in [6, 6.07) is 8.21. The minimum absolute atomic E-state index is 0.0193. The molecule has 0 fully saturated rings. The van der Waals surface area contributed by atoms with Crippen molar-refractivity contribution in [1.29, 1.82) is 0 Å². The molecule has 19 heavy (non-hydrogen) atoms. The first-order chi connectivity index (χ1) is 8.97. The van der Waals surface area contributed by atoms with Crippen molar-refractivity contribution in [3.05, 3.63) is 47.4 Å². The molecule has 1 aromatic carbocycles. The van der Waals surface area contributed by atoms with E-state index in [1.54, 1.807) is 37.3 Å². The largest absolute Gasteiger partial charge is 0.506 e. The van der Waals surface area contributed by atoms with E-state index in [0.717, 1.165) is 5.56 Å². The number of carbonyl (C=O) groups excluding carboxylic acids is 1. The Labute approximate surface area is 116 Å². The van der Waals surface area contributed by atoms with Gasteiger partial charge in [-0.15, -0.1) is 11.6 Å². The van der Waals surface area contributed by atoms with Gasteiger partial charge >= 0.3 is 0 Å².